The number of thiazole rings is 1. The van der Waals surface area contributed by atoms with Crippen molar-refractivity contribution in [3.63, 3.8) is 0 Å². The Labute approximate surface area is 155 Å². The fraction of sp³-hybridized carbons (Fsp3) is 0.158. The fourth-order valence-corrected chi connectivity index (χ4v) is 3.41. The molecule has 0 saturated carbocycles. The molecule has 130 valence electrons. The van der Waals surface area contributed by atoms with Crippen molar-refractivity contribution in [1.29, 1.82) is 0 Å². The lowest BCUT2D eigenvalue weighted by molar-refractivity contribution is 0.909. The van der Waals surface area contributed by atoms with Crippen molar-refractivity contribution in [3.05, 3.63) is 66.2 Å². The first-order valence-corrected chi connectivity index (χ1v) is 9.21. The number of benzene rings is 1. The van der Waals surface area contributed by atoms with Gasteiger partial charge in [0.15, 0.2) is 0 Å². The Bertz CT molecular complexity index is 992. The normalized spacial score (nSPS) is 10.8. The molecule has 6 nitrogen and oxygen atoms in total. The molecule has 0 unspecified atom stereocenters. The minimum absolute atomic E-state index is 0.604. The quantitative estimate of drug-likeness (QED) is 0.567. The number of rotatable bonds is 6. The van der Waals surface area contributed by atoms with Crippen molar-refractivity contribution in [3.8, 4) is 22.0 Å². The third-order valence-corrected chi connectivity index (χ3v) is 4.76. The Morgan fingerprint density at radius 3 is 2.73 bits per heavy atom. The van der Waals surface area contributed by atoms with Gasteiger partial charge in [-0.1, -0.05) is 30.3 Å². The Kier molecular flexibility index (Phi) is 4.70. The highest BCUT2D eigenvalue weighted by Gasteiger charge is 2.09. The molecule has 7 heteroatoms. The van der Waals surface area contributed by atoms with E-state index in [0.29, 0.717) is 5.95 Å². The molecule has 0 amide bonds. The molecule has 0 saturated heterocycles. The van der Waals surface area contributed by atoms with Gasteiger partial charge in [-0.25, -0.2) is 19.9 Å². The van der Waals surface area contributed by atoms with Crippen LogP contribution >= 0.6 is 11.3 Å². The molecular formula is C19H18N6S. The molecule has 0 fully saturated rings. The zero-order valence-corrected chi connectivity index (χ0v) is 15.1. The smallest absolute Gasteiger partial charge is 0.223 e. The number of nitrogens with zero attached hydrogens (tertiary/aromatic N) is 5. The molecule has 3 heterocycles. The minimum Gasteiger partial charge on any atom is -0.354 e. The van der Waals surface area contributed by atoms with E-state index in [-0.39, 0.29) is 0 Å². The maximum atomic E-state index is 4.71. The van der Waals surface area contributed by atoms with E-state index in [0.717, 1.165) is 40.6 Å². The summed E-state index contributed by atoms with van der Waals surface area (Å²) >= 11 is 1.62. The van der Waals surface area contributed by atoms with E-state index in [2.05, 4.69) is 32.4 Å². The minimum atomic E-state index is 0.604. The molecule has 0 aliphatic heterocycles. The third kappa shape index (κ3) is 3.78. The van der Waals surface area contributed by atoms with Crippen molar-refractivity contribution in [1.82, 2.24) is 24.5 Å². The van der Waals surface area contributed by atoms with Crippen LogP contribution in [0.25, 0.3) is 22.0 Å². The Hall–Kier alpha value is -3.06. The largest absolute Gasteiger partial charge is 0.354 e. The molecule has 26 heavy (non-hydrogen) atoms. The molecule has 1 aromatic carbocycles. The average Bonchev–Trinajstić information content (AvgIpc) is 3.32. The summed E-state index contributed by atoms with van der Waals surface area (Å²) < 4.78 is 1.94. The maximum Gasteiger partial charge on any atom is 0.223 e. The van der Waals surface area contributed by atoms with E-state index >= 15 is 0 Å². The third-order valence-electron chi connectivity index (χ3n) is 3.87. The lowest BCUT2D eigenvalue weighted by atomic mass is 10.2. The summed E-state index contributed by atoms with van der Waals surface area (Å²) in [6.45, 7) is 0.729. The molecule has 4 aromatic rings. The lowest BCUT2D eigenvalue weighted by Crippen LogP contribution is -2.08. The standard InChI is InChI=1S/C19H18N6S/c1-25-11-15(22-13-25)7-9-20-19-21-10-8-16(24-19)17-12-26-18(23-17)14-5-3-2-4-6-14/h2-6,8,10-13H,7,9H2,1H3,(H,20,21,24). The van der Waals surface area contributed by atoms with E-state index in [1.807, 2.05) is 47.5 Å². The van der Waals surface area contributed by atoms with Crippen LogP contribution in [0, 0.1) is 0 Å². The van der Waals surface area contributed by atoms with E-state index < -0.39 is 0 Å². The summed E-state index contributed by atoms with van der Waals surface area (Å²) in [6.07, 6.45) is 6.40. The summed E-state index contributed by atoms with van der Waals surface area (Å²) in [5, 5.41) is 6.27. The number of hydrogen-bond acceptors (Lipinski definition) is 6. The van der Waals surface area contributed by atoms with Crippen LogP contribution in [0.1, 0.15) is 5.69 Å². The van der Waals surface area contributed by atoms with Gasteiger partial charge in [0.1, 0.15) is 10.7 Å². The first-order valence-electron chi connectivity index (χ1n) is 8.33. The Morgan fingerprint density at radius 2 is 1.92 bits per heavy atom. The molecule has 0 aliphatic carbocycles. The highest BCUT2D eigenvalue weighted by Crippen LogP contribution is 2.27. The van der Waals surface area contributed by atoms with Crippen LogP contribution in [0.2, 0.25) is 0 Å². The van der Waals surface area contributed by atoms with Crippen LogP contribution in [0.5, 0.6) is 0 Å². The van der Waals surface area contributed by atoms with Crippen molar-refractivity contribution in [2.24, 2.45) is 7.05 Å². The first kappa shape index (κ1) is 16.4. The Balaban J connectivity index is 1.45. The summed E-state index contributed by atoms with van der Waals surface area (Å²) in [7, 11) is 1.97. The molecular weight excluding hydrogens is 344 g/mol. The number of nitrogens with one attached hydrogen (secondary N) is 1. The van der Waals surface area contributed by atoms with Gasteiger partial charge in [0, 0.05) is 43.4 Å². The second kappa shape index (κ2) is 7.45. The number of imidazole rings is 1. The Morgan fingerprint density at radius 1 is 1.04 bits per heavy atom. The van der Waals surface area contributed by atoms with Gasteiger partial charge in [0.05, 0.1) is 17.7 Å². The second-order valence-electron chi connectivity index (χ2n) is 5.88. The maximum absolute atomic E-state index is 4.71. The van der Waals surface area contributed by atoms with Gasteiger partial charge in [-0.05, 0) is 6.07 Å². The van der Waals surface area contributed by atoms with Crippen LogP contribution in [0.3, 0.4) is 0 Å². The van der Waals surface area contributed by atoms with Crippen LogP contribution < -0.4 is 5.32 Å². The SMILES string of the molecule is Cn1cnc(CCNc2nccc(-c3csc(-c4ccccc4)n3)n2)c1. The average molecular weight is 362 g/mol. The molecule has 4 rings (SSSR count). The first-order chi connectivity index (χ1) is 12.8. The monoisotopic (exact) mass is 362 g/mol. The lowest BCUT2D eigenvalue weighted by Gasteiger charge is -2.04. The molecule has 0 atom stereocenters. The van der Waals surface area contributed by atoms with E-state index in [1.54, 1.807) is 23.9 Å². The van der Waals surface area contributed by atoms with Crippen molar-refractivity contribution >= 4 is 17.3 Å². The molecule has 0 spiro atoms. The van der Waals surface area contributed by atoms with Crippen molar-refractivity contribution in [2.75, 3.05) is 11.9 Å². The van der Waals surface area contributed by atoms with E-state index in [9.17, 15) is 0 Å². The van der Waals surface area contributed by atoms with E-state index in [1.165, 1.54) is 0 Å². The van der Waals surface area contributed by atoms with Crippen LogP contribution in [-0.4, -0.2) is 31.0 Å². The van der Waals surface area contributed by atoms with Gasteiger partial charge in [0.25, 0.3) is 0 Å². The number of hydrogen-bond donors (Lipinski definition) is 1. The van der Waals surface area contributed by atoms with Gasteiger partial charge < -0.3 is 9.88 Å². The predicted molar refractivity (Wildman–Crippen MR) is 104 cm³/mol. The van der Waals surface area contributed by atoms with Crippen molar-refractivity contribution in [2.45, 2.75) is 6.42 Å². The van der Waals surface area contributed by atoms with Gasteiger partial charge >= 0.3 is 0 Å². The van der Waals surface area contributed by atoms with Gasteiger partial charge in [-0.15, -0.1) is 11.3 Å². The van der Waals surface area contributed by atoms with Crippen LogP contribution in [0.15, 0.2) is 60.5 Å². The predicted octanol–water partition coefficient (Wildman–Crippen LogP) is 3.66. The molecule has 1 N–H and O–H groups in total. The van der Waals surface area contributed by atoms with Crippen molar-refractivity contribution < 1.29 is 0 Å². The summed E-state index contributed by atoms with van der Waals surface area (Å²) in [4.78, 5) is 17.9. The molecule has 0 radical (unpaired) electrons. The molecule has 0 aliphatic rings. The zero-order valence-electron chi connectivity index (χ0n) is 14.3. The van der Waals surface area contributed by atoms with Crippen LogP contribution in [0.4, 0.5) is 5.95 Å². The van der Waals surface area contributed by atoms with Gasteiger partial charge in [0.2, 0.25) is 5.95 Å². The van der Waals surface area contributed by atoms with Gasteiger partial charge in [-0.2, -0.15) is 0 Å². The summed E-state index contributed by atoms with van der Waals surface area (Å²) in [5.74, 6) is 0.604. The van der Waals surface area contributed by atoms with Crippen LogP contribution in [-0.2, 0) is 13.5 Å². The second-order valence-corrected chi connectivity index (χ2v) is 6.73. The summed E-state index contributed by atoms with van der Waals surface area (Å²) in [6, 6.07) is 12.1. The topological polar surface area (TPSA) is 68.5 Å². The highest BCUT2D eigenvalue weighted by atomic mass is 32.1. The fourth-order valence-electron chi connectivity index (χ4n) is 2.59. The van der Waals surface area contributed by atoms with E-state index in [4.69, 9.17) is 4.98 Å². The summed E-state index contributed by atoms with van der Waals surface area (Å²) in [5.41, 5.74) is 3.84. The van der Waals surface area contributed by atoms with Gasteiger partial charge in [-0.3, -0.25) is 0 Å². The molecule has 3 aromatic heterocycles. The zero-order chi connectivity index (χ0) is 17.8. The number of aromatic nitrogens is 5. The molecule has 0 bridgehead atoms. The highest BCUT2D eigenvalue weighted by molar-refractivity contribution is 7.13. The number of aryl methyl sites for hydroxylation is 1. The number of anilines is 1.